The normalized spacial score (nSPS) is 14.2. The van der Waals surface area contributed by atoms with Crippen molar-refractivity contribution >= 4 is 5.91 Å². The predicted molar refractivity (Wildman–Crippen MR) is 89.5 cm³/mol. The summed E-state index contributed by atoms with van der Waals surface area (Å²) >= 11 is 0. The zero-order chi connectivity index (χ0) is 17.1. The molecule has 0 radical (unpaired) electrons. The van der Waals surface area contributed by atoms with Gasteiger partial charge in [-0.05, 0) is 44.0 Å². The Morgan fingerprint density at radius 3 is 2.75 bits per heavy atom. The number of benzene rings is 1. The highest BCUT2D eigenvalue weighted by molar-refractivity contribution is 5.78. The molecule has 0 saturated carbocycles. The van der Waals surface area contributed by atoms with E-state index in [0.29, 0.717) is 18.9 Å². The molecule has 1 aliphatic heterocycles. The minimum atomic E-state index is -0.0254. The van der Waals surface area contributed by atoms with Gasteiger partial charge >= 0.3 is 0 Å². The number of hydrogen-bond donors (Lipinski definition) is 1. The van der Waals surface area contributed by atoms with Crippen molar-refractivity contribution in [1.82, 2.24) is 14.9 Å². The largest absolute Gasteiger partial charge is 0.508 e. The van der Waals surface area contributed by atoms with Crippen molar-refractivity contribution in [3.05, 3.63) is 41.3 Å². The molecular weight excluding hydrogens is 306 g/mol. The third-order valence-electron chi connectivity index (χ3n) is 4.16. The van der Waals surface area contributed by atoms with Crippen molar-refractivity contribution in [2.45, 2.75) is 26.3 Å². The van der Waals surface area contributed by atoms with E-state index in [9.17, 15) is 9.90 Å². The summed E-state index contributed by atoms with van der Waals surface area (Å²) in [6, 6.07) is 6.96. The lowest BCUT2D eigenvalue weighted by molar-refractivity contribution is -0.135. The highest BCUT2D eigenvalue weighted by Gasteiger charge is 2.23. The molecule has 0 spiro atoms. The Balaban J connectivity index is 2.04. The number of aromatic hydroxyl groups is 1. The van der Waals surface area contributed by atoms with Gasteiger partial charge in [0, 0.05) is 37.0 Å². The quantitative estimate of drug-likeness (QED) is 0.934. The van der Waals surface area contributed by atoms with Gasteiger partial charge in [0.1, 0.15) is 18.2 Å². The number of phenols is 1. The first kappa shape index (κ1) is 16.4. The summed E-state index contributed by atoms with van der Waals surface area (Å²) in [5.74, 6) is 0.906. The molecule has 6 heteroatoms. The summed E-state index contributed by atoms with van der Waals surface area (Å²) < 4.78 is 4.98. The lowest BCUT2D eigenvalue weighted by Crippen LogP contribution is -2.33. The van der Waals surface area contributed by atoms with Crippen LogP contribution in [0.1, 0.15) is 23.5 Å². The van der Waals surface area contributed by atoms with Crippen LogP contribution in [0.3, 0.4) is 0 Å². The van der Waals surface area contributed by atoms with Crippen molar-refractivity contribution in [1.29, 1.82) is 0 Å². The third kappa shape index (κ3) is 3.38. The second-order valence-corrected chi connectivity index (χ2v) is 5.94. The maximum absolute atomic E-state index is 12.2. The van der Waals surface area contributed by atoms with Crippen molar-refractivity contribution in [3.8, 4) is 17.0 Å². The highest BCUT2D eigenvalue weighted by atomic mass is 16.5. The number of amides is 1. The smallest absolute Gasteiger partial charge is 0.248 e. The molecule has 2 aromatic rings. The van der Waals surface area contributed by atoms with E-state index in [-0.39, 0.29) is 18.3 Å². The van der Waals surface area contributed by atoms with Crippen molar-refractivity contribution in [2.24, 2.45) is 0 Å². The standard InChI is InChI=1S/C18H21N3O3/c1-12-19-16-4-3-9-21(17(23)11-24-2)10-15(16)18(20-12)13-5-7-14(22)8-6-13/h5-8,22H,3-4,9-11H2,1-2H3. The molecule has 1 aliphatic rings. The van der Waals surface area contributed by atoms with Gasteiger partial charge in [-0.2, -0.15) is 0 Å². The lowest BCUT2D eigenvalue weighted by Gasteiger charge is -2.21. The average Bonchev–Trinajstić information content (AvgIpc) is 2.77. The minimum Gasteiger partial charge on any atom is -0.508 e. The first-order valence-electron chi connectivity index (χ1n) is 8.01. The highest BCUT2D eigenvalue weighted by Crippen LogP contribution is 2.29. The van der Waals surface area contributed by atoms with Crippen LogP contribution in [0.25, 0.3) is 11.3 Å². The Bertz CT molecular complexity index is 744. The van der Waals surface area contributed by atoms with Crippen LogP contribution in [-0.2, 0) is 22.5 Å². The number of phenolic OH excluding ortho intramolecular Hbond substituents is 1. The molecule has 3 rings (SSSR count). The molecule has 1 aromatic carbocycles. The molecule has 0 atom stereocenters. The van der Waals surface area contributed by atoms with Crippen LogP contribution in [0.15, 0.2) is 24.3 Å². The van der Waals surface area contributed by atoms with Gasteiger partial charge in [0.25, 0.3) is 0 Å². The van der Waals surface area contributed by atoms with Crippen LogP contribution >= 0.6 is 0 Å². The van der Waals surface area contributed by atoms with Crippen LogP contribution in [0.5, 0.6) is 5.75 Å². The molecule has 0 aliphatic carbocycles. The Hall–Kier alpha value is -2.47. The number of rotatable bonds is 3. The molecule has 1 amide bonds. The van der Waals surface area contributed by atoms with Crippen molar-refractivity contribution < 1.29 is 14.6 Å². The lowest BCUT2D eigenvalue weighted by atomic mass is 10.0. The van der Waals surface area contributed by atoms with Gasteiger partial charge in [0.2, 0.25) is 5.91 Å². The maximum atomic E-state index is 12.2. The summed E-state index contributed by atoms with van der Waals surface area (Å²) in [5.41, 5.74) is 3.72. The van der Waals surface area contributed by atoms with E-state index in [1.165, 1.54) is 7.11 Å². The number of fused-ring (bicyclic) bond motifs is 1. The van der Waals surface area contributed by atoms with Crippen LogP contribution in [0, 0.1) is 6.92 Å². The fourth-order valence-corrected chi connectivity index (χ4v) is 3.02. The summed E-state index contributed by atoms with van der Waals surface area (Å²) in [7, 11) is 1.53. The molecule has 2 heterocycles. The molecule has 0 saturated heterocycles. The number of methoxy groups -OCH3 is 1. The van der Waals surface area contributed by atoms with Crippen molar-refractivity contribution in [2.75, 3.05) is 20.3 Å². The summed E-state index contributed by atoms with van der Waals surface area (Å²) in [6.45, 7) is 3.13. The third-order valence-corrected chi connectivity index (χ3v) is 4.16. The molecule has 1 aromatic heterocycles. The fourth-order valence-electron chi connectivity index (χ4n) is 3.02. The molecule has 24 heavy (non-hydrogen) atoms. The van der Waals surface area contributed by atoms with Gasteiger partial charge in [-0.25, -0.2) is 9.97 Å². The Morgan fingerprint density at radius 2 is 2.04 bits per heavy atom. The van der Waals surface area contributed by atoms with Gasteiger partial charge in [0.15, 0.2) is 0 Å². The van der Waals surface area contributed by atoms with Gasteiger partial charge in [-0.3, -0.25) is 4.79 Å². The summed E-state index contributed by atoms with van der Waals surface area (Å²) in [5, 5.41) is 9.52. The number of hydrogen-bond acceptors (Lipinski definition) is 5. The van der Waals surface area contributed by atoms with E-state index >= 15 is 0 Å². The topological polar surface area (TPSA) is 75.5 Å². The van der Waals surface area contributed by atoms with Crippen LogP contribution in [-0.4, -0.2) is 46.1 Å². The number of ether oxygens (including phenoxy) is 1. The van der Waals surface area contributed by atoms with Crippen molar-refractivity contribution in [3.63, 3.8) is 0 Å². The second kappa shape index (κ2) is 6.97. The Kier molecular flexibility index (Phi) is 4.76. The van der Waals surface area contributed by atoms with Gasteiger partial charge < -0.3 is 14.7 Å². The van der Waals surface area contributed by atoms with E-state index < -0.39 is 0 Å². The van der Waals surface area contributed by atoms with Crippen LogP contribution < -0.4 is 0 Å². The van der Waals surface area contributed by atoms with Crippen LogP contribution in [0.2, 0.25) is 0 Å². The van der Waals surface area contributed by atoms with E-state index in [4.69, 9.17) is 4.74 Å². The molecule has 0 unspecified atom stereocenters. The monoisotopic (exact) mass is 327 g/mol. The zero-order valence-electron chi connectivity index (χ0n) is 14.0. The van der Waals surface area contributed by atoms with Crippen LogP contribution in [0.4, 0.5) is 0 Å². The van der Waals surface area contributed by atoms with E-state index in [0.717, 1.165) is 35.4 Å². The molecule has 0 bridgehead atoms. The molecular formula is C18H21N3O3. The summed E-state index contributed by atoms with van der Waals surface area (Å²) in [6.07, 6.45) is 1.69. The van der Waals surface area contributed by atoms with Gasteiger partial charge in [-0.15, -0.1) is 0 Å². The molecule has 1 N–H and O–H groups in total. The first-order valence-corrected chi connectivity index (χ1v) is 8.01. The average molecular weight is 327 g/mol. The molecule has 126 valence electrons. The Morgan fingerprint density at radius 1 is 1.29 bits per heavy atom. The molecule has 6 nitrogen and oxygen atoms in total. The zero-order valence-corrected chi connectivity index (χ0v) is 14.0. The van der Waals surface area contributed by atoms with E-state index in [2.05, 4.69) is 9.97 Å². The number of aromatic nitrogens is 2. The SMILES string of the molecule is COCC(=O)N1CCCc2nc(C)nc(-c3ccc(O)cc3)c2C1. The predicted octanol–water partition coefficient (Wildman–Crippen LogP) is 2.08. The number of carbonyl (C=O) groups excluding carboxylic acids is 1. The number of carbonyl (C=O) groups is 1. The first-order chi connectivity index (χ1) is 11.6. The van der Waals surface area contributed by atoms with E-state index in [1.54, 1.807) is 17.0 Å². The summed E-state index contributed by atoms with van der Waals surface area (Å²) in [4.78, 5) is 23.2. The second-order valence-electron chi connectivity index (χ2n) is 5.94. The Labute approximate surface area is 141 Å². The van der Waals surface area contributed by atoms with E-state index in [1.807, 2.05) is 19.1 Å². The molecule has 0 fully saturated rings. The fraction of sp³-hybridized carbons (Fsp3) is 0.389. The van der Waals surface area contributed by atoms with Gasteiger partial charge in [0.05, 0.1) is 5.69 Å². The maximum Gasteiger partial charge on any atom is 0.248 e. The minimum absolute atomic E-state index is 0.0254. The number of aryl methyl sites for hydroxylation is 2. The number of nitrogens with zero attached hydrogens (tertiary/aromatic N) is 3. The van der Waals surface area contributed by atoms with Gasteiger partial charge in [-0.1, -0.05) is 0 Å².